The van der Waals surface area contributed by atoms with Crippen molar-refractivity contribution in [2.45, 2.75) is 33.6 Å². The maximum Gasteiger partial charge on any atom is 0.228 e. The molecule has 1 N–H and O–H groups in total. The number of carbonyl (C=O) groups excluding carboxylic acids is 2. The number of amides is 2. The highest BCUT2D eigenvalue weighted by Gasteiger charge is 2.29. The van der Waals surface area contributed by atoms with E-state index in [1.54, 1.807) is 11.8 Å². The highest BCUT2D eigenvalue weighted by atomic mass is 16.5. The number of likely N-dealkylation sites (tertiary alicyclic amines) is 1. The van der Waals surface area contributed by atoms with Crippen LogP contribution in [-0.4, -0.2) is 46.7 Å². The van der Waals surface area contributed by atoms with E-state index in [1.807, 2.05) is 80.3 Å². The number of hydrogen-bond acceptors (Lipinski definition) is 4. The standard InChI is InChI=1S/C27H32N4O3/c1-18(2)27(33)30-15-13-20(14-16-30)26(32)28-25-17-23(22-7-5-6-8-24(22)34-4)29-31(25)21-11-9-19(3)10-12-21/h5-12,17-18,20H,13-16H2,1-4H3,(H,28,32). The number of methoxy groups -OCH3 is 1. The third-order valence-corrected chi connectivity index (χ3v) is 6.29. The summed E-state index contributed by atoms with van der Waals surface area (Å²) < 4.78 is 7.28. The first-order valence-corrected chi connectivity index (χ1v) is 11.8. The topological polar surface area (TPSA) is 76.5 Å². The van der Waals surface area contributed by atoms with Crippen LogP contribution in [0.25, 0.3) is 16.9 Å². The Morgan fingerprint density at radius 1 is 1.06 bits per heavy atom. The summed E-state index contributed by atoms with van der Waals surface area (Å²) in [6, 6.07) is 17.6. The average molecular weight is 461 g/mol. The molecule has 4 rings (SSSR count). The van der Waals surface area contributed by atoms with E-state index in [1.165, 1.54) is 0 Å². The second kappa shape index (κ2) is 10.1. The Bertz CT molecular complexity index is 1160. The van der Waals surface area contributed by atoms with Crippen LogP contribution in [-0.2, 0) is 9.59 Å². The normalized spacial score (nSPS) is 14.3. The van der Waals surface area contributed by atoms with Crippen LogP contribution in [0, 0.1) is 18.8 Å². The van der Waals surface area contributed by atoms with Crippen molar-refractivity contribution in [3.05, 3.63) is 60.2 Å². The lowest BCUT2D eigenvalue weighted by Gasteiger charge is -2.32. The summed E-state index contributed by atoms with van der Waals surface area (Å²) in [5.74, 6) is 1.26. The van der Waals surface area contributed by atoms with Gasteiger partial charge in [0.15, 0.2) is 0 Å². The van der Waals surface area contributed by atoms with Gasteiger partial charge in [0.05, 0.1) is 18.5 Å². The highest BCUT2D eigenvalue weighted by Crippen LogP contribution is 2.32. The zero-order chi connectivity index (χ0) is 24.2. The molecule has 3 aromatic rings. The number of rotatable bonds is 6. The fourth-order valence-corrected chi connectivity index (χ4v) is 4.30. The summed E-state index contributed by atoms with van der Waals surface area (Å²) in [7, 11) is 1.63. The van der Waals surface area contributed by atoms with Gasteiger partial charge in [0.25, 0.3) is 0 Å². The van der Waals surface area contributed by atoms with Crippen LogP contribution >= 0.6 is 0 Å². The van der Waals surface area contributed by atoms with Crippen molar-refractivity contribution < 1.29 is 14.3 Å². The number of nitrogens with one attached hydrogen (secondary N) is 1. The first-order valence-electron chi connectivity index (χ1n) is 11.8. The van der Waals surface area contributed by atoms with E-state index in [-0.39, 0.29) is 23.7 Å². The van der Waals surface area contributed by atoms with Crippen molar-refractivity contribution in [2.24, 2.45) is 11.8 Å². The first-order chi connectivity index (χ1) is 16.4. The lowest BCUT2D eigenvalue weighted by atomic mass is 9.95. The summed E-state index contributed by atoms with van der Waals surface area (Å²) in [6.07, 6.45) is 1.31. The minimum Gasteiger partial charge on any atom is -0.496 e. The predicted molar refractivity (Wildman–Crippen MR) is 133 cm³/mol. The fraction of sp³-hybridized carbons (Fsp3) is 0.370. The van der Waals surface area contributed by atoms with Gasteiger partial charge in [-0.15, -0.1) is 0 Å². The van der Waals surface area contributed by atoms with Crippen LogP contribution in [0.2, 0.25) is 0 Å². The molecule has 34 heavy (non-hydrogen) atoms. The molecule has 178 valence electrons. The molecule has 2 amide bonds. The third-order valence-electron chi connectivity index (χ3n) is 6.29. The van der Waals surface area contributed by atoms with Gasteiger partial charge in [0, 0.05) is 36.6 Å². The number of nitrogens with zero attached hydrogens (tertiary/aromatic N) is 3. The Hall–Kier alpha value is -3.61. The summed E-state index contributed by atoms with van der Waals surface area (Å²) in [5, 5.41) is 7.92. The van der Waals surface area contributed by atoms with Crippen LogP contribution in [0.5, 0.6) is 5.75 Å². The fourth-order valence-electron chi connectivity index (χ4n) is 4.30. The van der Waals surface area contributed by atoms with Crippen molar-refractivity contribution in [1.82, 2.24) is 14.7 Å². The second-order valence-corrected chi connectivity index (χ2v) is 9.11. The summed E-state index contributed by atoms with van der Waals surface area (Å²) >= 11 is 0. The van der Waals surface area contributed by atoms with E-state index < -0.39 is 0 Å². The number of anilines is 1. The Morgan fingerprint density at radius 2 is 1.74 bits per heavy atom. The molecule has 0 saturated carbocycles. The predicted octanol–water partition coefficient (Wildman–Crippen LogP) is 4.69. The van der Waals surface area contributed by atoms with E-state index in [0.29, 0.717) is 37.4 Å². The zero-order valence-corrected chi connectivity index (χ0v) is 20.2. The van der Waals surface area contributed by atoms with E-state index in [9.17, 15) is 9.59 Å². The summed E-state index contributed by atoms with van der Waals surface area (Å²) in [4.78, 5) is 27.4. The molecule has 1 fully saturated rings. The Kier molecular flexibility index (Phi) is 7.01. The van der Waals surface area contributed by atoms with Gasteiger partial charge in [-0.3, -0.25) is 9.59 Å². The number of carbonyl (C=O) groups is 2. The first kappa shape index (κ1) is 23.5. The van der Waals surface area contributed by atoms with E-state index >= 15 is 0 Å². The van der Waals surface area contributed by atoms with Gasteiger partial charge in [0.1, 0.15) is 11.6 Å². The molecule has 7 nitrogen and oxygen atoms in total. The van der Waals surface area contributed by atoms with Gasteiger partial charge in [0.2, 0.25) is 11.8 Å². The molecular weight excluding hydrogens is 428 g/mol. The smallest absolute Gasteiger partial charge is 0.228 e. The van der Waals surface area contributed by atoms with Crippen molar-refractivity contribution in [1.29, 1.82) is 0 Å². The molecule has 0 aliphatic carbocycles. The zero-order valence-electron chi connectivity index (χ0n) is 20.2. The van der Waals surface area contributed by atoms with Gasteiger partial charge in [-0.05, 0) is 44.0 Å². The maximum absolute atomic E-state index is 13.2. The molecule has 1 saturated heterocycles. The molecule has 2 heterocycles. The number of benzene rings is 2. The molecule has 1 aliphatic heterocycles. The van der Waals surface area contributed by atoms with Crippen molar-refractivity contribution in [2.75, 3.05) is 25.5 Å². The monoisotopic (exact) mass is 460 g/mol. The number of hydrogen-bond donors (Lipinski definition) is 1. The molecule has 7 heteroatoms. The van der Waals surface area contributed by atoms with Gasteiger partial charge >= 0.3 is 0 Å². The Labute approximate surface area is 200 Å². The van der Waals surface area contributed by atoms with Crippen LogP contribution in [0.3, 0.4) is 0 Å². The quantitative estimate of drug-likeness (QED) is 0.579. The minimum absolute atomic E-state index is 0.0253. The molecule has 2 aromatic carbocycles. The molecule has 0 radical (unpaired) electrons. The van der Waals surface area contributed by atoms with Gasteiger partial charge in [-0.25, -0.2) is 4.68 Å². The number of ether oxygens (including phenoxy) is 1. The maximum atomic E-state index is 13.2. The van der Waals surface area contributed by atoms with Crippen molar-refractivity contribution >= 4 is 17.6 Å². The molecule has 0 atom stereocenters. The third kappa shape index (κ3) is 4.98. The van der Waals surface area contributed by atoms with Crippen LogP contribution in [0.4, 0.5) is 5.82 Å². The minimum atomic E-state index is -0.146. The molecule has 1 aliphatic rings. The molecule has 0 spiro atoms. The SMILES string of the molecule is COc1ccccc1-c1cc(NC(=O)C2CCN(C(=O)C(C)C)CC2)n(-c2ccc(C)cc2)n1. The number of aromatic nitrogens is 2. The van der Waals surface area contributed by atoms with Crippen molar-refractivity contribution in [3.8, 4) is 22.7 Å². The van der Waals surface area contributed by atoms with E-state index in [4.69, 9.17) is 9.84 Å². The van der Waals surface area contributed by atoms with Gasteiger partial charge in [-0.1, -0.05) is 43.7 Å². The number of para-hydroxylation sites is 1. The molecule has 0 unspecified atom stereocenters. The summed E-state index contributed by atoms with van der Waals surface area (Å²) in [6.45, 7) is 7.07. The van der Waals surface area contributed by atoms with E-state index in [2.05, 4.69) is 5.32 Å². The lowest BCUT2D eigenvalue weighted by Crippen LogP contribution is -2.43. The average Bonchev–Trinajstić information content (AvgIpc) is 3.27. The Balaban J connectivity index is 1.59. The van der Waals surface area contributed by atoms with Crippen LogP contribution < -0.4 is 10.1 Å². The number of aryl methyl sites for hydroxylation is 1. The second-order valence-electron chi connectivity index (χ2n) is 9.11. The van der Waals surface area contributed by atoms with Gasteiger partial charge < -0.3 is 15.0 Å². The molecular formula is C27H32N4O3. The van der Waals surface area contributed by atoms with Gasteiger partial charge in [-0.2, -0.15) is 5.10 Å². The highest BCUT2D eigenvalue weighted by molar-refractivity contribution is 5.93. The molecule has 1 aromatic heterocycles. The lowest BCUT2D eigenvalue weighted by molar-refractivity contribution is -0.137. The van der Waals surface area contributed by atoms with Crippen molar-refractivity contribution in [3.63, 3.8) is 0 Å². The van der Waals surface area contributed by atoms with Crippen LogP contribution in [0.15, 0.2) is 54.6 Å². The van der Waals surface area contributed by atoms with E-state index in [0.717, 1.165) is 22.6 Å². The molecule has 0 bridgehead atoms. The Morgan fingerprint density at radius 3 is 2.38 bits per heavy atom. The summed E-state index contributed by atoms with van der Waals surface area (Å²) in [5.41, 5.74) is 3.58. The number of piperidine rings is 1. The largest absolute Gasteiger partial charge is 0.496 e. The van der Waals surface area contributed by atoms with Crippen LogP contribution in [0.1, 0.15) is 32.3 Å².